The Kier molecular flexibility index (Phi) is 5.18. The fraction of sp³-hybridized carbons (Fsp3) is 0.222. The lowest BCUT2D eigenvalue weighted by Crippen LogP contribution is -2.25. The summed E-state index contributed by atoms with van der Waals surface area (Å²) in [7, 11) is 0. The summed E-state index contributed by atoms with van der Waals surface area (Å²) >= 11 is 5.98. The van der Waals surface area contributed by atoms with Gasteiger partial charge in [0.05, 0.1) is 17.3 Å². The zero-order valence-corrected chi connectivity index (χ0v) is 15.4. The number of benzene rings is 1. The smallest absolute Gasteiger partial charge is 0.223 e. The second-order valence-corrected chi connectivity index (χ2v) is 6.40. The standard InChI is InChI=1S/C18H15ClF2N4O2/c1-8(23-9(2)26)17-15(21)4-11(7-22-17)13-5-12(19)6-14(20)16(13)18-24-10(3)27-25-18/h4-8H,1-3H3,(H,23,26)/t8-/m1/s1. The lowest BCUT2D eigenvalue weighted by atomic mass is 9.99. The summed E-state index contributed by atoms with van der Waals surface area (Å²) in [4.78, 5) is 19.3. The number of aryl methyl sites for hydroxylation is 1. The van der Waals surface area contributed by atoms with Crippen LogP contribution >= 0.6 is 11.6 Å². The van der Waals surface area contributed by atoms with E-state index in [0.29, 0.717) is 0 Å². The van der Waals surface area contributed by atoms with Crippen LogP contribution in [0.4, 0.5) is 8.78 Å². The van der Waals surface area contributed by atoms with E-state index in [1.165, 1.54) is 25.3 Å². The average molecular weight is 393 g/mol. The molecule has 9 heteroatoms. The number of aromatic nitrogens is 3. The van der Waals surface area contributed by atoms with Crippen LogP contribution in [-0.4, -0.2) is 21.0 Å². The lowest BCUT2D eigenvalue weighted by Gasteiger charge is -2.14. The Labute approximate surface area is 158 Å². The van der Waals surface area contributed by atoms with Crippen molar-refractivity contribution < 1.29 is 18.1 Å². The maximum Gasteiger partial charge on any atom is 0.223 e. The van der Waals surface area contributed by atoms with Gasteiger partial charge in [0, 0.05) is 30.6 Å². The Morgan fingerprint density at radius 3 is 2.59 bits per heavy atom. The van der Waals surface area contributed by atoms with E-state index in [2.05, 4.69) is 20.4 Å². The molecule has 0 unspecified atom stereocenters. The Bertz CT molecular complexity index is 1020. The predicted molar refractivity (Wildman–Crippen MR) is 94.9 cm³/mol. The first-order valence-corrected chi connectivity index (χ1v) is 8.36. The van der Waals surface area contributed by atoms with Gasteiger partial charge in [-0.2, -0.15) is 4.98 Å². The van der Waals surface area contributed by atoms with E-state index in [-0.39, 0.29) is 45.0 Å². The number of hydrogen-bond acceptors (Lipinski definition) is 5. The Balaban J connectivity index is 2.11. The van der Waals surface area contributed by atoms with Crippen LogP contribution < -0.4 is 5.32 Å². The van der Waals surface area contributed by atoms with Crippen LogP contribution in [-0.2, 0) is 4.79 Å². The summed E-state index contributed by atoms with van der Waals surface area (Å²) in [6, 6.07) is 3.16. The van der Waals surface area contributed by atoms with Crippen molar-refractivity contribution in [2.75, 3.05) is 0 Å². The van der Waals surface area contributed by atoms with Crippen LogP contribution in [0, 0.1) is 18.6 Å². The SMILES string of the molecule is CC(=O)N[C@H](C)c1ncc(-c2cc(Cl)cc(F)c2-c2noc(C)n2)cc1F. The number of nitrogens with one attached hydrogen (secondary N) is 1. The van der Waals surface area contributed by atoms with Gasteiger partial charge in [-0.25, -0.2) is 8.78 Å². The fourth-order valence-corrected chi connectivity index (χ4v) is 2.92. The molecular weight excluding hydrogens is 378 g/mol. The molecule has 1 atom stereocenters. The molecule has 2 heterocycles. The molecule has 3 rings (SSSR count). The molecule has 0 saturated heterocycles. The van der Waals surface area contributed by atoms with E-state index in [1.807, 2.05) is 0 Å². The van der Waals surface area contributed by atoms with Gasteiger partial charge in [-0.15, -0.1) is 0 Å². The monoisotopic (exact) mass is 392 g/mol. The number of hydrogen-bond donors (Lipinski definition) is 1. The van der Waals surface area contributed by atoms with Gasteiger partial charge in [-0.1, -0.05) is 16.8 Å². The molecule has 2 aromatic heterocycles. The molecule has 27 heavy (non-hydrogen) atoms. The van der Waals surface area contributed by atoms with Gasteiger partial charge in [0.15, 0.2) is 0 Å². The number of halogens is 3. The summed E-state index contributed by atoms with van der Waals surface area (Å²) in [6.45, 7) is 4.51. The van der Waals surface area contributed by atoms with Crippen molar-refractivity contribution in [3.63, 3.8) is 0 Å². The lowest BCUT2D eigenvalue weighted by molar-refractivity contribution is -0.119. The zero-order valence-electron chi connectivity index (χ0n) is 14.7. The van der Waals surface area contributed by atoms with Crippen molar-refractivity contribution >= 4 is 17.5 Å². The summed E-state index contributed by atoms with van der Waals surface area (Å²) in [5, 5.41) is 6.42. The van der Waals surface area contributed by atoms with Crippen LogP contribution in [0.5, 0.6) is 0 Å². The maximum atomic E-state index is 14.6. The molecule has 1 aromatic carbocycles. The number of carbonyl (C=O) groups is 1. The minimum absolute atomic E-state index is 0.0211. The van der Waals surface area contributed by atoms with Crippen molar-refractivity contribution in [3.8, 4) is 22.5 Å². The molecule has 0 saturated carbocycles. The molecule has 1 amide bonds. The number of carbonyl (C=O) groups excluding carboxylic acids is 1. The third kappa shape index (κ3) is 3.95. The minimum atomic E-state index is -0.672. The molecule has 1 N–H and O–H groups in total. The van der Waals surface area contributed by atoms with Crippen molar-refractivity contribution in [1.82, 2.24) is 20.4 Å². The van der Waals surface area contributed by atoms with Crippen LogP contribution in [0.2, 0.25) is 5.02 Å². The quantitative estimate of drug-likeness (QED) is 0.718. The average Bonchev–Trinajstić information content (AvgIpc) is 2.99. The molecule has 140 valence electrons. The van der Waals surface area contributed by atoms with E-state index < -0.39 is 17.7 Å². The molecular formula is C18H15ClF2N4O2. The number of pyridine rings is 1. The number of nitrogens with zero attached hydrogens (tertiary/aromatic N) is 3. The van der Waals surface area contributed by atoms with E-state index in [9.17, 15) is 13.6 Å². The highest BCUT2D eigenvalue weighted by molar-refractivity contribution is 6.31. The van der Waals surface area contributed by atoms with E-state index in [0.717, 1.165) is 6.07 Å². The first kappa shape index (κ1) is 18.9. The van der Waals surface area contributed by atoms with E-state index in [1.54, 1.807) is 13.8 Å². The van der Waals surface area contributed by atoms with Gasteiger partial charge in [-0.05, 0) is 30.7 Å². The van der Waals surface area contributed by atoms with Gasteiger partial charge in [0.1, 0.15) is 11.6 Å². The van der Waals surface area contributed by atoms with Gasteiger partial charge in [-0.3, -0.25) is 9.78 Å². The van der Waals surface area contributed by atoms with Gasteiger partial charge < -0.3 is 9.84 Å². The summed E-state index contributed by atoms with van der Waals surface area (Å²) in [6.07, 6.45) is 1.37. The van der Waals surface area contributed by atoms with Crippen molar-refractivity contribution in [3.05, 3.63) is 52.6 Å². The second-order valence-electron chi connectivity index (χ2n) is 5.96. The van der Waals surface area contributed by atoms with Gasteiger partial charge >= 0.3 is 0 Å². The van der Waals surface area contributed by atoms with Crippen molar-refractivity contribution in [1.29, 1.82) is 0 Å². The summed E-state index contributed by atoms with van der Waals surface area (Å²) in [5.74, 6) is -1.35. The fourth-order valence-electron chi connectivity index (χ4n) is 2.72. The predicted octanol–water partition coefficient (Wildman–Crippen LogP) is 4.24. The molecule has 0 aliphatic heterocycles. The third-order valence-corrected chi connectivity index (χ3v) is 4.03. The Morgan fingerprint density at radius 1 is 1.26 bits per heavy atom. The highest BCUT2D eigenvalue weighted by atomic mass is 35.5. The first-order valence-electron chi connectivity index (χ1n) is 7.99. The Hall–Kier alpha value is -2.87. The Morgan fingerprint density at radius 2 is 2.00 bits per heavy atom. The normalized spacial score (nSPS) is 12.1. The maximum absolute atomic E-state index is 14.6. The summed E-state index contributed by atoms with van der Waals surface area (Å²) in [5.41, 5.74) is 0.643. The van der Waals surface area contributed by atoms with E-state index in [4.69, 9.17) is 16.1 Å². The minimum Gasteiger partial charge on any atom is -0.348 e. The topological polar surface area (TPSA) is 80.9 Å². The van der Waals surface area contributed by atoms with Crippen molar-refractivity contribution in [2.45, 2.75) is 26.8 Å². The van der Waals surface area contributed by atoms with E-state index >= 15 is 0 Å². The summed E-state index contributed by atoms with van der Waals surface area (Å²) < 4.78 is 34.1. The molecule has 3 aromatic rings. The van der Waals surface area contributed by atoms with Crippen molar-refractivity contribution in [2.24, 2.45) is 0 Å². The molecule has 0 aliphatic carbocycles. The first-order chi connectivity index (χ1) is 12.8. The van der Waals surface area contributed by atoms with Gasteiger partial charge in [0.2, 0.25) is 17.6 Å². The molecule has 0 bridgehead atoms. The number of amides is 1. The largest absolute Gasteiger partial charge is 0.348 e. The second kappa shape index (κ2) is 7.40. The molecule has 0 fully saturated rings. The molecule has 0 radical (unpaired) electrons. The number of rotatable bonds is 4. The highest BCUT2D eigenvalue weighted by Crippen LogP contribution is 2.36. The zero-order chi connectivity index (χ0) is 19.7. The molecule has 0 spiro atoms. The van der Waals surface area contributed by atoms with Crippen LogP contribution in [0.1, 0.15) is 31.5 Å². The highest BCUT2D eigenvalue weighted by Gasteiger charge is 2.21. The van der Waals surface area contributed by atoms with Crippen LogP contribution in [0.3, 0.4) is 0 Å². The van der Waals surface area contributed by atoms with Crippen LogP contribution in [0.15, 0.2) is 28.9 Å². The molecule has 0 aliphatic rings. The third-order valence-electron chi connectivity index (χ3n) is 3.82. The van der Waals surface area contributed by atoms with Gasteiger partial charge in [0.25, 0.3) is 0 Å². The molecule has 6 nitrogen and oxygen atoms in total. The van der Waals surface area contributed by atoms with Crippen LogP contribution in [0.25, 0.3) is 22.5 Å².